The van der Waals surface area contributed by atoms with Gasteiger partial charge in [0.25, 0.3) is 0 Å². The molecular formula is C11H11Br2N3O. The topological polar surface area (TPSA) is 53.1 Å². The molecule has 6 heteroatoms. The number of nitrogen functional groups attached to an aromatic ring is 1. The number of rotatable bonds is 3. The van der Waals surface area contributed by atoms with Gasteiger partial charge in [0.1, 0.15) is 5.75 Å². The van der Waals surface area contributed by atoms with Crippen LogP contribution in [0, 0.1) is 0 Å². The van der Waals surface area contributed by atoms with Crippen LogP contribution in [-0.2, 0) is 6.54 Å². The van der Waals surface area contributed by atoms with Crippen LogP contribution in [0.1, 0.15) is 5.56 Å². The van der Waals surface area contributed by atoms with Crippen LogP contribution in [-0.4, -0.2) is 16.9 Å². The maximum absolute atomic E-state index is 5.68. The van der Waals surface area contributed by atoms with E-state index >= 15 is 0 Å². The van der Waals surface area contributed by atoms with Crippen LogP contribution >= 0.6 is 31.9 Å². The van der Waals surface area contributed by atoms with E-state index in [1.54, 1.807) is 11.8 Å². The van der Waals surface area contributed by atoms with Gasteiger partial charge in [-0.15, -0.1) is 0 Å². The Morgan fingerprint density at radius 1 is 1.41 bits per heavy atom. The number of halogens is 2. The van der Waals surface area contributed by atoms with E-state index in [0.717, 1.165) is 20.3 Å². The maximum Gasteiger partial charge on any atom is 0.159 e. The molecule has 0 fully saturated rings. The minimum atomic E-state index is 0.485. The molecule has 4 nitrogen and oxygen atoms in total. The molecule has 90 valence electrons. The Labute approximate surface area is 116 Å². The van der Waals surface area contributed by atoms with E-state index in [0.29, 0.717) is 12.4 Å². The molecule has 0 unspecified atom stereocenters. The lowest BCUT2D eigenvalue weighted by molar-refractivity contribution is 0.407. The Bertz CT molecular complexity index is 520. The van der Waals surface area contributed by atoms with Crippen molar-refractivity contribution in [3.8, 4) is 5.75 Å². The maximum atomic E-state index is 5.68. The molecule has 0 bridgehead atoms. The molecule has 0 radical (unpaired) electrons. The lowest BCUT2D eigenvalue weighted by Crippen LogP contribution is -2.03. The number of aromatic nitrogens is 2. The largest absolute Gasteiger partial charge is 0.496 e. The second-order valence-corrected chi connectivity index (χ2v) is 5.29. The zero-order valence-corrected chi connectivity index (χ0v) is 12.3. The van der Waals surface area contributed by atoms with Crippen LogP contribution in [0.4, 0.5) is 5.82 Å². The van der Waals surface area contributed by atoms with Gasteiger partial charge in [-0.25, -0.2) is 0 Å². The molecule has 0 atom stereocenters. The van der Waals surface area contributed by atoms with Crippen molar-refractivity contribution in [2.75, 3.05) is 12.8 Å². The molecule has 1 aromatic heterocycles. The van der Waals surface area contributed by atoms with Gasteiger partial charge in [0.05, 0.1) is 18.1 Å². The quantitative estimate of drug-likeness (QED) is 0.915. The summed E-state index contributed by atoms with van der Waals surface area (Å²) in [5.41, 5.74) is 6.71. The summed E-state index contributed by atoms with van der Waals surface area (Å²) in [5.74, 6) is 1.32. The van der Waals surface area contributed by atoms with Crippen LogP contribution < -0.4 is 10.5 Å². The number of methoxy groups -OCH3 is 1. The van der Waals surface area contributed by atoms with Crippen molar-refractivity contribution in [3.05, 3.63) is 38.9 Å². The number of hydrogen-bond acceptors (Lipinski definition) is 3. The Kier molecular flexibility index (Phi) is 3.73. The second-order valence-electron chi connectivity index (χ2n) is 3.52. The van der Waals surface area contributed by atoms with E-state index in [4.69, 9.17) is 10.5 Å². The molecule has 1 aromatic carbocycles. The van der Waals surface area contributed by atoms with E-state index in [2.05, 4.69) is 37.0 Å². The third-order valence-electron chi connectivity index (χ3n) is 2.32. The first-order valence-corrected chi connectivity index (χ1v) is 6.49. The van der Waals surface area contributed by atoms with Crippen molar-refractivity contribution in [2.24, 2.45) is 0 Å². The summed E-state index contributed by atoms with van der Waals surface area (Å²) < 4.78 is 8.88. The Morgan fingerprint density at radius 2 is 2.18 bits per heavy atom. The van der Waals surface area contributed by atoms with Crippen LogP contribution in [0.25, 0.3) is 0 Å². The summed E-state index contributed by atoms with van der Waals surface area (Å²) in [6.45, 7) is 0.610. The summed E-state index contributed by atoms with van der Waals surface area (Å²) in [7, 11) is 1.65. The highest BCUT2D eigenvalue weighted by Gasteiger charge is 2.07. The van der Waals surface area contributed by atoms with Crippen molar-refractivity contribution in [2.45, 2.75) is 6.54 Å². The molecule has 2 rings (SSSR count). The van der Waals surface area contributed by atoms with E-state index < -0.39 is 0 Å². The Balaban J connectivity index is 2.31. The number of nitrogens with zero attached hydrogens (tertiary/aromatic N) is 2. The molecule has 0 saturated heterocycles. The minimum Gasteiger partial charge on any atom is -0.496 e. The van der Waals surface area contributed by atoms with Crippen molar-refractivity contribution in [1.82, 2.24) is 9.78 Å². The lowest BCUT2D eigenvalue weighted by atomic mass is 10.2. The molecule has 2 N–H and O–H groups in total. The molecule has 1 heterocycles. The molecule has 0 aliphatic carbocycles. The molecule has 0 aliphatic heterocycles. The SMILES string of the molecule is COc1ccc(Br)cc1Cn1cc(Br)c(N)n1. The van der Waals surface area contributed by atoms with Gasteiger partial charge in [-0.05, 0) is 34.1 Å². The summed E-state index contributed by atoms with van der Waals surface area (Å²) in [5, 5.41) is 4.19. The average molecular weight is 361 g/mol. The van der Waals surface area contributed by atoms with Crippen LogP contribution in [0.3, 0.4) is 0 Å². The first kappa shape index (κ1) is 12.4. The molecular weight excluding hydrogens is 350 g/mol. The minimum absolute atomic E-state index is 0.485. The number of nitrogens with two attached hydrogens (primary N) is 1. The standard InChI is InChI=1S/C11H11Br2N3O/c1-17-10-3-2-8(12)4-7(10)5-16-6-9(13)11(14)15-16/h2-4,6H,5H2,1H3,(H2,14,15). The predicted octanol–water partition coefficient (Wildman–Crippen LogP) is 3.05. The predicted molar refractivity (Wildman–Crippen MR) is 74.1 cm³/mol. The first-order valence-electron chi connectivity index (χ1n) is 4.91. The molecule has 0 spiro atoms. The van der Waals surface area contributed by atoms with Gasteiger partial charge in [-0.2, -0.15) is 5.10 Å². The van der Waals surface area contributed by atoms with Gasteiger partial charge in [0.15, 0.2) is 5.82 Å². The summed E-state index contributed by atoms with van der Waals surface area (Å²) in [6, 6.07) is 5.86. The zero-order chi connectivity index (χ0) is 12.4. The second kappa shape index (κ2) is 5.10. The summed E-state index contributed by atoms with van der Waals surface area (Å²) in [4.78, 5) is 0. The van der Waals surface area contributed by atoms with Crippen LogP contribution in [0.5, 0.6) is 5.75 Å². The highest BCUT2D eigenvalue weighted by atomic mass is 79.9. The van der Waals surface area contributed by atoms with E-state index in [-0.39, 0.29) is 0 Å². The average Bonchev–Trinajstić information content (AvgIpc) is 2.58. The number of ether oxygens (including phenoxy) is 1. The van der Waals surface area contributed by atoms with Gasteiger partial charge < -0.3 is 10.5 Å². The molecule has 2 aromatic rings. The molecule has 0 aliphatic rings. The zero-order valence-electron chi connectivity index (χ0n) is 9.15. The van der Waals surface area contributed by atoms with Gasteiger partial charge in [-0.1, -0.05) is 15.9 Å². The fourth-order valence-electron chi connectivity index (χ4n) is 1.54. The number of anilines is 1. The third kappa shape index (κ3) is 2.81. The number of benzene rings is 1. The van der Waals surface area contributed by atoms with E-state index in [1.165, 1.54) is 0 Å². The van der Waals surface area contributed by atoms with Crippen molar-refractivity contribution in [1.29, 1.82) is 0 Å². The summed E-state index contributed by atoms with van der Waals surface area (Å²) >= 11 is 6.77. The highest BCUT2D eigenvalue weighted by molar-refractivity contribution is 9.10. The van der Waals surface area contributed by atoms with Gasteiger partial charge in [-0.3, -0.25) is 4.68 Å². The smallest absolute Gasteiger partial charge is 0.159 e. The van der Waals surface area contributed by atoms with Crippen LogP contribution in [0.2, 0.25) is 0 Å². The van der Waals surface area contributed by atoms with Crippen LogP contribution in [0.15, 0.2) is 33.3 Å². The van der Waals surface area contributed by atoms with Gasteiger partial charge >= 0.3 is 0 Å². The highest BCUT2D eigenvalue weighted by Crippen LogP contribution is 2.25. The molecule has 17 heavy (non-hydrogen) atoms. The normalized spacial score (nSPS) is 10.5. The van der Waals surface area contributed by atoms with Gasteiger partial charge in [0, 0.05) is 16.2 Å². The summed E-state index contributed by atoms with van der Waals surface area (Å²) in [6.07, 6.45) is 1.84. The van der Waals surface area contributed by atoms with E-state index in [9.17, 15) is 0 Å². The van der Waals surface area contributed by atoms with E-state index in [1.807, 2.05) is 24.4 Å². The Hall–Kier alpha value is -1.01. The van der Waals surface area contributed by atoms with Crippen molar-refractivity contribution in [3.63, 3.8) is 0 Å². The fraction of sp³-hybridized carbons (Fsp3) is 0.182. The number of hydrogen-bond donors (Lipinski definition) is 1. The van der Waals surface area contributed by atoms with Crippen molar-refractivity contribution < 1.29 is 4.74 Å². The third-order valence-corrected chi connectivity index (χ3v) is 3.42. The van der Waals surface area contributed by atoms with Gasteiger partial charge in [0.2, 0.25) is 0 Å². The Morgan fingerprint density at radius 3 is 2.76 bits per heavy atom. The van der Waals surface area contributed by atoms with Crippen molar-refractivity contribution >= 4 is 37.7 Å². The lowest BCUT2D eigenvalue weighted by Gasteiger charge is -2.08. The first-order chi connectivity index (χ1) is 8.10. The fourth-order valence-corrected chi connectivity index (χ4v) is 2.26. The molecule has 0 saturated carbocycles. The monoisotopic (exact) mass is 359 g/mol. The molecule has 0 amide bonds.